The fourth-order valence-corrected chi connectivity index (χ4v) is 3.63. The third-order valence-corrected chi connectivity index (χ3v) is 5.42. The van der Waals surface area contributed by atoms with Crippen molar-refractivity contribution in [2.24, 2.45) is 7.05 Å². The molecule has 0 unspecified atom stereocenters. The summed E-state index contributed by atoms with van der Waals surface area (Å²) in [6, 6.07) is 7.45. The summed E-state index contributed by atoms with van der Waals surface area (Å²) in [4.78, 5) is 42.3. The zero-order valence-corrected chi connectivity index (χ0v) is 17.2. The Morgan fingerprint density at radius 2 is 2.07 bits per heavy atom. The maximum Gasteiger partial charge on any atom is 0.329 e. The van der Waals surface area contributed by atoms with Crippen molar-refractivity contribution >= 4 is 28.7 Å². The van der Waals surface area contributed by atoms with Crippen LogP contribution in [0.3, 0.4) is 0 Å². The number of para-hydroxylation sites is 1. The zero-order chi connectivity index (χ0) is 21.1. The van der Waals surface area contributed by atoms with Gasteiger partial charge in [0, 0.05) is 7.05 Å². The molecule has 0 bridgehead atoms. The molecule has 2 N–H and O–H groups in total. The number of ether oxygens (including phenoxy) is 1. The molecule has 0 saturated carbocycles. The molecule has 154 valence electrons. The fourth-order valence-electron chi connectivity index (χ4n) is 2.83. The molecule has 10 heteroatoms. The first-order chi connectivity index (χ1) is 13.8. The standard InChI is InChI=1S/C19H22N4O5S/c1-11-6-4-5-7-14(11)28-9-13(25)8-23-15-16(20-19(23)29-10-12(2)24)22(3)18(27)21-17(15)26/h4-7,13,25H,8-10H2,1-3H3,(H,21,26,27)/t13-/m0/s1. The van der Waals surface area contributed by atoms with Gasteiger partial charge in [0.05, 0.1) is 12.3 Å². The summed E-state index contributed by atoms with van der Waals surface area (Å²) in [5.74, 6) is 0.763. The number of imidazole rings is 1. The molecule has 0 aliphatic carbocycles. The van der Waals surface area contributed by atoms with Gasteiger partial charge in [-0.05, 0) is 25.5 Å². The van der Waals surface area contributed by atoms with E-state index in [0.29, 0.717) is 10.9 Å². The molecule has 0 radical (unpaired) electrons. The van der Waals surface area contributed by atoms with Gasteiger partial charge in [0.15, 0.2) is 16.3 Å². The number of nitrogens with zero attached hydrogens (tertiary/aromatic N) is 3. The fraction of sp³-hybridized carbons (Fsp3) is 0.368. The summed E-state index contributed by atoms with van der Waals surface area (Å²) in [6.07, 6.45) is -0.944. The molecule has 0 amide bonds. The Kier molecular flexibility index (Phi) is 6.23. The zero-order valence-electron chi connectivity index (χ0n) is 16.3. The highest BCUT2D eigenvalue weighted by atomic mass is 32.2. The highest BCUT2D eigenvalue weighted by Gasteiger charge is 2.20. The molecular formula is C19H22N4O5S. The Labute approximate surface area is 170 Å². The van der Waals surface area contributed by atoms with Crippen LogP contribution in [0.15, 0.2) is 39.0 Å². The average Bonchev–Trinajstić information content (AvgIpc) is 3.03. The van der Waals surface area contributed by atoms with E-state index in [9.17, 15) is 19.5 Å². The average molecular weight is 418 g/mol. The van der Waals surface area contributed by atoms with Crippen molar-refractivity contribution in [3.05, 3.63) is 50.7 Å². The topological polar surface area (TPSA) is 119 Å². The van der Waals surface area contributed by atoms with Crippen LogP contribution in [0.2, 0.25) is 0 Å². The number of aryl methyl sites for hydroxylation is 2. The van der Waals surface area contributed by atoms with E-state index in [0.717, 1.165) is 17.3 Å². The van der Waals surface area contributed by atoms with Crippen molar-refractivity contribution in [3.63, 3.8) is 0 Å². The van der Waals surface area contributed by atoms with Gasteiger partial charge in [-0.1, -0.05) is 30.0 Å². The molecular weight excluding hydrogens is 396 g/mol. The number of thioether (sulfide) groups is 1. The van der Waals surface area contributed by atoms with Crippen molar-refractivity contribution in [3.8, 4) is 5.75 Å². The summed E-state index contributed by atoms with van der Waals surface area (Å²) in [5, 5.41) is 10.9. The second kappa shape index (κ2) is 8.66. The third-order valence-electron chi connectivity index (χ3n) is 4.29. The van der Waals surface area contributed by atoms with Crippen LogP contribution in [0.25, 0.3) is 11.2 Å². The second-order valence-electron chi connectivity index (χ2n) is 6.72. The molecule has 0 fully saturated rings. The lowest BCUT2D eigenvalue weighted by molar-refractivity contribution is -0.114. The Hall–Kier alpha value is -2.85. The first-order valence-electron chi connectivity index (χ1n) is 8.96. The molecule has 9 nitrogen and oxygen atoms in total. The van der Waals surface area contributed by atoms with E-state index in [2.05, 4.69) is 9.97 Å². The van der Waals surface area contributed by atoms with Gasteiger partial charge in [0.2, 0.25) is 0 Å². The van der Waals surface area contributed by atoms with Crippen LogP contribution in [0.5, 0.6) is 5.75 Å². The number of fused-ring (bicyclic) bond motifs is 1. The van der Waals surface area contributed by atoms with Crippen LogP contribution in [-0.2, 0) is 18.4 Å². The van der Waals surface area contributed by atoms with Crippen molar-refractivity contribution in [1.29, 1.82) is 0 Å². The van der Waals surface area contributed by atoms with E-state index >= 15 is 0 Å². The van der Waals surface area contributed by atoms with Crippen LogP contribution >= 0.6 is 11.8 Å². The van der Waals surface area contributed by atoms with Crippen LogP contribution in [0.1, 0.15) is 12.5 Å². The maximum atomic E-state index is 12.4. The molecule has 1 aromatic carbocycles. The van der Waals surface area contributed by atoms with Gasteiger partial charge in [-0.15, -0.1) is 0 Å². The number of Topliss-reactive ketones (excluding diaryl/α,β-unsaturated/α-hetero) is 1. The highest BCUT2D eigenvalue weighted by molar-refractivity contribution is 7.99. The molecule has 0 aliphatic rings. The van der Waals surface area contributed by atoms with Crippen LogP contribution in [0.4, 0.5) is 0 Å². The number of aromatic nitrogens is 4. The quantitative estimate of drug-likeness (QED) is 0.521. The number of nitrogens with one attached hydrogen (secondary N) is 1. The molecule has 2 heterocycles. The minimum Gasteiger partial charge on any atom is -0.491 e. The van der Waals surface area contributed by atoms with E-state index in [-0.39, 0.29) is 35.9 Å². The molecule has 3 rings (SSSR count). The Morgan fingerprint density at radius 3 is 2.76 bits per heavy atom. The lowest BCUT2D eigenvalue weighted by Gasteiger charge is -2.16. The molecule has 0 spiro atoms. The second-order valence-corrected chi connectivity index (χ2v) is 7.66. The molecule has 3 aromatic rings. The summed E-state index contributed by atoms with van der Waals surface area (Å²) < 4.78 is 8.43. The lowest BCUT2D eigenvalue weighted by atomic mass is 10.2. The number of aliphatic hydroxyl groups excluding tert-OH is 1. The predicted molar refractivity (Wildman–Crippen MR) is 110 cm³/mol. The van der Waals surface area contributed by atoms with Crippen LogP contribution in [-0.4, -0.2) is 48.5 Å². The summed E-state index contributed by atoms with van der Waals surface area (Å²) in [5.41, 5.74) is 0.109. The van der Waals surface area contributed by atoms with Crippen molar-refractivity contribution in [1.82, 2.24) is 19.1 Å². The van der Waals surface area contributed by atoms with Gasteiger partial charge in [-0.2, -0.15) is 0 Å². The number of aliphatic hydroxyl groups is 1. The van der Waals surface area contributed by atoms with E-state index in [4.69, 9.17) is 4.74 Å². The first kappa shape index (κ1) is 20.9. The number of carbonyl (C=O) groups is 1. The van der Waals surface area contributed by atoms with Gasteiger partial charge < -0.3 is 14.4 Å². The number of carbonyl (C=O) groups excluding carboxylic acids is 1. The SMILES string of the molecule is CC(=O)CSc1nc2c(c(=O)[nH]c(=O)n2C)n1C[C@H](O)COc1ccccc1C. The van der Waals surface area contributed by atoms with Gasteiger partial charge in [0.25, 0.3) is 5.56 Å². The Balaban J connectivity index is 1.91. The number of ketones is 1. The smallest absolute Gasteiger partial charge is 0.329 e. The van der Waals surface area contributed by atoms with Gasteiger partial charge >= 0.3 is 5.69 Å². The molecule has 1 atom stereocenters. The summed E-state index contributed by atoms with van der Waals surface area (Å²) in [6.45, 7) is 3.38. The van der Waals surface area contributed by atoms with E-state index < -0.39 is 17.4 Å². The molecule has 2 aromatic heterocycles. The Morgan fingerprint density at radius 1 is 1.34 bits per heavy atom. The number of hydrogen-bond donors (Lipinski definition) is 2. The van der Waals surface area contributed by atoms with Crippen molar-refractivity contribution in [2.75, 3.05) is 12.4 Å². The van der Waals surface area contributed by atoms with Crippen molar-refractivity contribution in [2.45, 2.75) is 31.7 Å². The lowest BCUT2D eigenvalue weighted by Crippen LogP contribution is -2.30. The maximum absolute atomic E-state index is 12.4. The predicted octanol–water partition coefficient (Wildman–Crippen LogP) is 0.853. The number of hydrogen-bond acceptors (Lipinski definition) is 7. The molecule has 0 saturated heterocycles. The number of rotatable bonds is 8. The third kappa shape index (κ3) is 4.60. The number of aromatic amines is 1. The Bertz CT molecular complexity index is 1160. The van der Waals surface area contributed by atoms with E-state index in [1.165, 1.54) is 23.1 Å². The summed E-state index contributed by atoms with van der Waals surface area (Å²) in [7, 11) is 1.50. The van der Waals surface area contributed by atoms with Crippen molar-refractivity contribution < 1.29 is 14.6 Å². The number of benzene rings is 1. The summed E-state index contributed by atoms with van der Waals surface area (Å²) >= 11 is 1.15. The highest BCUT2D eigenvalue weighted by Crippen LogP contribution is 2.22. The number of H-pyrrole nitrogens is 1. The van der Waals surface area contributed by atoms with Gasteiger partial charge in [-0.25, -0.2) is 9.78 Å². The van der Waals surface area contributed by atoms with Crippen LogP contribution < -0.4 is 16.0 Å². The molecule has 0 aliphatic heterocycles. The van der Waals surface area contributed by atoms with Gasteiger partial charge in [-0.3, -0.25) is 19.1 Å². The van der Waals surface area contributed by atoms with Crippen LogP contribution in [0, 0.1) is 6.92 Å². The minimum absolute atomic E-state index is 0.00497. The monoisotopic (exact) mass is 418 g/mol. The molecule has 29 heavy (non-hydrogen) atoms. The van der Waals surface area contributed by atoms with E-state index in [1.807, 2.05) is 31.2 Å². The normalized spacial score (nSPS) is 12.3. The first-order valence-corrected chi connectivity index (χ1v) is 9.94. The van der Waals surface area contributed by atoms with Gasteiger partial charge in [0.1, 0.15) is 24.2 Å². The van der Waals surface area contributed by atoms with E-state index in [1.54, 1.807) is 0 Å². The minimum atomic E-state index is -0.944. The largest absolute Gasteiger partial charge is 0.491 e.